The lowest BCUT2D eigenvalue weighted by molar-refractivity contribution is 0.0602. The van der Waals surface area contributed by atoms with Crippen LogP contribution in [-0.2, 0) is 4.74 Å². The number of benzene rings is 3. The number of esters is 1. The van der Waals surface area contributed by atoms with Gasteiger partial charge in [0.25, 0.3) is 5.91 Å². The summed E-state index contributed by atoms with van der Waals surface area (Å²) in [6.45, 7) is 3.84. The van der Waals surface area contributed by atoms with E-state index in [1.807, 2.05) is 56.3 Å². The largest absolute Gasteiger partial charge is 0.465 e. The molecule has 0 unspecified atom stereocenters. The van der Waals surface area contributed by atoms with Crippen molar-refractivity contribution in [2.75, 3.05) is 7.11 Å². The topological polar surface area (TPSA) is 55.4 Å². The van der Waals surface area contributed by atoms with Gasteiger partial charge in [0, 0.05) is 16.9 Å². The zero-order valence-corrected chi connectivity index (χ0v) is 17.6. The lowest BCUT2D eigenvalue weighted by atomic mass is 10.1. The second kappa shape index (κ2) is 9.49. The molecule has 4 nitrogen and oxygen atoms in total. The van der Waals surface area contributed by atoms with Crippen LogP contribution in [0.25, 0.3) is 0 Å². The van der Waals surface area contributed by atoms with Crippen molar-refractivity contribution < 1.29 is 14.3 Å². The number of rotatable bonds is 6. The van der Waals surface area contributed by atoms with Crippen LogP contribution in [0.1, 0.15) is 34.6 Å². The standard InChI is InChI=1S/C24H24NO3P/c1-17(2)25-23(26)18-14-15-21(24(27)28-3)22(16-18)29(19-10-6-4-7-11-19)20-12-8-5-9-13-20/h4-17H,1-3H3,(H,25,26). The maximum Gasteiger partial charge on any atom is 0.338 e. The Morgan fingerprint density at radius 1 is 0.862 bits per heavy atom. The molecule has 3 rings (SSSR count). The summed E-state index contributed by atoms with van der Waals surface area (Å²) in [5.74, 6) is -0.566. The van der Waals surface area contributed by atoms with Crippen LogP contribution in [-0.4, -0.2) is 25.0 Å². The normalized spacial score (nSPS) is 10.8. The molecule has 5 heteroatoms. The number of methoxy groups -OCH3 is 1. The molecule has 0 aliphatic rings. The molecule has 3 aromatic rings. The van der Waals surface area contributed by atoms with Crippen LogP contribution in [0.5, 0.6) is 0 Å². The maximum atomic E-state index is 12.6. The van der Waals surface area contributed by atoms with Crippen molar-refractivity contribution in [3.63, 3.8) is 0 Å². The summed E-state index contributed by atoms with van der Waals surface area (Å²) in [6, 6.07) is 25.3. The molecule has 148 valence electrons. The van der Waals surface area contributed by atoms with Gasteiger partial charge in [-0.25, -0.2) is 4.79 Å². The number of ether oxygens (including phenoxy) is 1. The molecule has 0 bridgehead atoms. The van der Waals surface area contributed by atoms with Crippen molar-refractivity contribution in [2.24, 2.45) is 0 Å². The third kappa shape index (κ3) is 4.90. The van der Waals surface area contributed by atoms with Crippen molar-refractivity contribution in [3.05, 3.63) is 90.0 Å². The van der Waals surface area contributed by atoms with Gasteiger partial charge in [-0.3, -0.25) is 4.79 Å². The number of carbonyl (C=O) groups excluding carboxylic acids is 2. The minimum atomic E-state index is -1.05. The van der Waals surface area contributed by atoms with Crippen molar-refractivity contribution in [1.82, 2.24) is 5.32 Å². The zero-order chi connectivity index (χ0) is 20.8. The van der Waals surface area contributed by atoms with Crippen LogP contribution < -0.4 is 21.2 Å². The molecule has 0 fully saturated rings. The highest BCUT2D eigenvalue weighted by Crippen LogP contribution is 2.34. The summed E-state index contributed by atoms with van der Waals surface area (Å²) >= 11 is 0. The fourth-order valence-corrected chi connectivity index (χ4v) is 5.54. The lowest BCUT2D eigenvalue weighted by Gasteiger charge is -2.22. The van der Waals surface area contributed by atoms with E-state index < -0.39 is 13.9 Å². The third-order valence-electron chi connectivity index (χ3n) is 4.35. The van der Waals surface area contributed by atoms with Crippen LogP contribution in [0, 0.1) is 0 Å². The highest BCUT2D eigenvalue weighted by Gasteiger charge is 2.24. The molecule has 3 aromatic carbocycles. The first kappa shape index (κ1) is 20.8. The van der Waals surface area contributed by atoms with Crippen molar-refractivity contribution in [1.29, 1.82) is 0 Å². The predicted octanol–water partition coefficient (Wildman–Crippen LogP) is 3.37. The van der Waals surface area contributed by atoms with E-state index in [1.54, 1.807) is 12.1 Å². The fraction of sp³-hybridized carbons (Fsp3) is 0.167. The average Bonchev–Trinajstić information content (AvgIpc) is 2.74. The molecule has 0 spiro atoms. The molecular formula is C24H24NO3P. The van der Waals surface area contributed by atoms with Crippen LogP contribution in [0.3, 0.4) is 0 Å². The van der Waals surface area contributed by atoms with Gasteiger partial charge < -0.3 is 10.1 Å². The smallest absolute Gasteiger partial charge is 0.338 e. The van der Waals surface area contributed by atoms with Crippen molar-refractivity contribution in [2.45, 2.75) is 19.9 Å². The molecule has 0 saturated heterocycles. The average molecular weight is 405 g/mol. The third-order valence-corrected chi connectivity index (χ3v) is 6.84. The molecule has 0 aliphatic heterocycles. The molecular weight excluding hydrogens is 381 g/mol. The predicted molar refractivity (Wildman–Crippen MR) is 119 cm³/mol. The van der Waals surface area contributed by atoms with E-state index in [2.05, 4.69) is 29.6 Å². The molecule has 0 aliphatic carbocycles. The molecule has 29 heavy (non-hydrogen) atoms. The van der Waals surface area contributed by atoms with Gasteiger partial charge in [0.2, 0.25) is 0 Å². The van der Waals surface area contributed by atoms with Crippen LogP contribution in [0.4, 0.5) is 0 Å². The highest BCUT2D eigenvalue weighted by molar-refractivity contribution is 7.80. The Balaban J connectivity index is 2.22. The zero-order valence-electron chi connectivity index (χ0n) is 16.8. The van der Waals surface area contributed by atoms with Gasteiger partial charge in [-0.1, -0.05) is 60.7 Å². The van der Waals surface area contributed by atoms with E-state index in [9.17, 15) is 9.59 Å². The van der Waals surface area contributed by atoms with Gasteiger partial charge in [0.05, 0.1) is 12.7 Å². The van der Waals surface area contributed by atoms with Crippen LogP contribution >= 0.6 is 7.92 Å². The first-order valence-electron chi connectivity index (χ1n) is 9.44. The van der Waals surface area contributed by atoms with E-state index in [4.69, 9.17) is 4.74 Å². The van der Waals surface area contributed by atoms with Gasteiger partial charge in [-0.15, -0.1) is 0 Å². The quantitative estimate of drug-likeness (QED) is 0.505. The summed E-state index contributed by atoms with van der Waals surface area (Å²) in [7, 11) is 0.327. The molecule has 1 amide bonds. The number of carbonyl (C=O) groups is 2. The summed E-state index contributed by atoms with van der Waals surface area (Å²) < 4.78 is 5.03. The Kier molecular flexibility index (Phi) is 6.79. The summed E-state index contributed by atoms with van der Waals surface area (Å²) in [4.78, 5) is 25.2. The minimum Gasteiger partial charge on any atom is -0.465 e. The molecule has 0 saturated carbocycles. The number of hydrogen-bond donors (Lipinski definition) is 1. The Hall–Kier alpha value is -2.97. The Morgan fingerprint density at radius 2 is 1.41 bits per heavy atom. The highest BCUT2D eigenvalue weighted by atomic mass is 31.1. The first-order valence-corrected chi connectivity index (χ1v) is 10.8. The van der Waals surface area contributed by atoms with E-state index in [1.165, 1.54) is 7.11 Å². The number of hydrogen-bond acceptors (Lipinski definition) is 3. The van der Waals surface area contributed by atoms with Gasteiger partial charge in [-0.05, 0) is 50.6 Å². The summed E-state index contributed by atoms with van der Waals surface area (Å²) in [5, 5.41) is 5.92. The van der Waals surface area contributed by atoms with Gasteiger partial charge in [0.15, 0.2) is 0 Å². The van der Waals surface area contributed by atoms with E-state index in [-0.39, 0.29) is 11.9 Å². The monoisotopic (exact) mass is 405 g/mol. The fourth-order valence-electron chi connectivity index (χ4n) is 3.07. The number of amides is 1. The van der Waals surface area contributed by atoms with Gasteiger partial charge in [0.1, 0.15) is 0 Å². The molecule has 1 N–H and O–H groups in total. The molecule has 0 heterocycles. The van der Waals surface area contributed by atoms with E-state index in [0.717, 1.165) is 15.9 Å². The first-order chi connectivity index (χ1) is 14.0. The molecule has 0 aromatic heterocycles. The number of nitrogens with one attached hydrogen (secondary N) is 1. The Morgan fingerprint density at radius 3 is 1.90 bits per heavy atom. The van der Waals surface area contributed by atoms with Crippen molar-refractivity contribution in [3.8, 4) is 0 Å². The van der Waals surface area contributed by atoms with Gasteiger partial charge in [-0.2, -0.15) is 0 Å². The summed E-state index contributed by atoms with van der Waals surface area (Å²) in [6.07, 6.45) is 0. The maximum absolute atomic E-state index is 12.6. The SMILES string of the molecule is COC(=O)c1ccc(C(=O)NC(C)C)cc1P(c1ccccc1)c1ccccc1. The Labute approximate surface area is 172 Å². The van der Waals surface area contributed by atoms with Crippen LogP contribution in [0.2, 0.25) is 0 Å². The van der Waals surface area contributed by atoms with Crippen LogP contribution in [0.15, 0.2) is 78.9 Å². The Bertz CT molecular complexity index is 948. The van der Waals surface area contributed by atoms with E-state index in [0.29, 0.717) is 11.1 Å². The lowest BCUT2D eigenvalue weighted by Crippen LogP contribution is -2.32. The summed E-state index contributed by atoms with van der Waals surface area (Å²) in [5.41, 5.74) is 1.01. The second-order valence-corrected chi connectivity index (χ2v) is 9.04. The molecule has 0 radical (unpaired) electrons. The minimum absolute atomic E-state index is 0.0241. The van der Waals surface area contributed by atoms with E-state index >= 15 is 0 Å². The molecule has 0 atom stereocenters. The van der Waals surface area contributed by atoms with Gasteiger partial charge >= 0.3 is 5.97 Å². The second-order valence-electron chi connectivity index (χ2n) is 6.86. The van der Waals surface area contributed by atoms with Crippen molar-refractivity contribution >= 4 is 35.7 Å².